The van der Waals surface area contributed by atoms with E-state index < -0.39 is 22.5 Å². The van der Waals surface area contributed by atoms with E-state index in [1.165, 1.54) is 12.1 Å². The van der Waals surface area contributed by atoms with Gasteiger partial charge >= 0.3 is 5.97 Å². The first-order chi connectivity index (χ1) is 8.95. The second-order valence-corrected chi connectivity index (χ2v) is 5.63. The maximum atomic E-state index is 11.7. The third kappa shape index (κ3) is 5.30. The standard InChI is InChI=1S/C12H12ClNO4S/c13-8-2-1-3-10-4-6-11(7-5-10)19(17,18)14-9-12(15)16/h4-7,14H,2,8-9H2,(H,15,16). The minimum atomic E-state index is -3.80. The van der Waals surface area contributed by atoms with Crippen LogP contribution >= 0.6 is 11.6 Å². The molecule has 0 heterocycles. The van der Waals surface area contributed by atoms with E-state index in [2.05, 4.69) is 11.8 Å². The summed E-state index contributed by atoms with van der Waals surface area (Å²) in [6, 6.07) is 5.84. The summed E-state index contributed by atoms with van der Waals surface area (Å²) >= 11 is 5.48. The molecule has 1 aromatic rings. The summed E-state index contributed by atoms with van der Waals surface area (Å²) in [5.74, 6) is 4.86. The Kier molecular flexibility index (Phi) is 5.83. The molecule has 0 aliphatic heterocycles. The number of carboxylic acid groups (broad SMARTS) is 1. The van der Waals surface area contributed by atoms with E-state index in [1.807, 2.05) is 4.72 Å². The van der Waals surface area contributed by atoms with E-state index >= 15 is 0 Å². The Morgan fingerprint density at radius 2 is 1.95 bits per heavy atom. The fourth-order valence-electron chi connectivity index (χ4n) is 1.17. The zero-order valence-electron chi connectivity index (χ0n) is 9.89. The zero-order valence-corrected chi connectivity index (χ0v) is 11.5. The number of benzene rings is 1. The average Bonchev–Trinajstić information content (AvgIpc) is 2.37. The maximum Gasteiger partial charge on any atom is 0.318 e. The highest BCUT2D eigenvalue weighted by Crippen LogP contribution is 2.09. The van der Waals surface area contributed by atoms with Crippen molar-refractivity contribution in [3.05, 3.63) is 29.8 Å². The number of carbonyl (C=O) groups is 1. The molecule has 0 aliphatic rings. The van der Waals surface area contributed by atoms with Crippen molar-refractivity contribution in [2.24, 2.45) is 0 Å². The number of hydrogen-bond donors (Lipinski definition) is 2. The Balaban J connectivity index is 2.81. The summed E-state index contributed by atoms with van der Waals surface area (Å²) in [5.41, 5.74) is 0.669. The van der Waals surface area contributed by atoms with Gasteiger partial charge in [-0.15, -0.1) is 11.6 Å². The number of hydrogen-bond acceptors (Lipinski definition) is 3. The van der Waals surface area contributed by atoms with Crippen molar-refractivity contribution in [3.63, 3.8) is 0 Å². The molecular weight excluding hydrogens is 290 g/mol. The number of nitrogens with one attached hydrogen (secondary N) is 1. The first-order valence-electron chi connectivity index (χ1n) is 5.32. The molecule has 19 heavy (non-hydrogen) atoms. The molecule has 7 heteroatoms. The number of halogens is 1. The van der Waals surface area contributed by atoms with Crippen LogP contribution in [0, 0.1) is 11.8 Å². The summed E-state index contributed by atoms with van der Waals surface area (Å²) in [6.07, 6.45) is 0.557. The van der Waals surface area contributed by atoms with Crippen LogP contribution in [-0.4, -0.2) is 31.9 Å². The highest BCUT2D eigenvalue weighted by Gasteiger charge is 2.14. The number of aliphatic carboxylic acids is 1. The molecule has 0 radical (unpaired) electrons. The van der Waals surface area contributed by atoms with Crippen LogP contribution in [0.3, 0.4) is 0 Å². The first kappa shape index (κ1) is 15.5. The summed E-state index contributed by atoms with van der Waals surface area (Å²) in [6.45, 7) is -0.653. The minimum Gasteiger partial charge on any atom is -0.480 e. The SMILES string of the molecule is O=C(O)CNS(=O)(=O)c1ccc(C#CCCCl)cc1. The van der Waals surface area contributed by atoms with Crippen molar-refractivity contribution in [1.82, 2.24) is 4.72 Å². The Morgan fingerprint density at radius 3 is 2.47 bits per heavy atom. The first-order valence-corrected chi connectivity index (χ1v) is 7.34. The van der Waals surface area contributed by atoms with Crippen LogP contribution in [0.15, 0.2) is 29.2 Å². The molecule has 0 saturated heterocycles. The molecule has 1 aromatic carbocycles. The molecule has 0 spiro atoms. The third-order valence-electron chi connectivity index (χ3n) is 2.03. The summed E-state index contributed by atoms with van der Waals surface area (Å²) < 4.78 is 25.3. The van der Waals surface area contributed by atoms with E-state index in [1.54, 1.807) is 12.1 Å². The second-order valence-electron chi connectivity index (χ2n) is 3.48. The number of carboxylic acids is 1. The van der Waals surface area contributed by atoms with Crippen molar-refractivity contribution in [2.45, 2.75) is 11.3 Å². The van der Waals surface area contributed by atoms with E-state index in [0.717, 1.165) is 0 Å². The lowest BCUT2D eigenvalue weighted by Crippen LogP contribution is -2.29. The van der Waals surface area contributed by atoms with Gasteiger partial charge in [-0.1, -0.05) is 11.8 Å². The van der Waals surface area contributed by atoms with Crippen LogP contribution in [0.4, 0.5) is 0 Å². The lowest BCUT2D eigenvalue weighted by atomic mass is 10.2. The lowest BCUT2D eigenvalue weighted by molar-refractivity contribution is -0.135. The van der Waals surface area contributed by atoms with E-state index in [4.69, 9.17) is 16.7 Å². The molecule has 102 valence electrons. The van der Waals surface area contributed by atoms with Crippen LogP contribution in [-0.2, 0) is 14.8 Å². The summed E-state index contributed by atoms with van der Waals surface area (Å²) in [7, 11) is -3.80. The molecule has 0 atom stereocenters. The molecule has 0 aliphatic carbocycles. The Bertz CT molecular complexity index is 599. The highest BCUT2D eigenvalue weighted by atomic mass is 35.5. The van der Waals surface area contributed by atoms with E-state index in [9.17, 15) is 13.2 Å². The van der Waals surface area contributed by atoms with Crippen LogP contribution < -0.4 is 4.72 Å². The van der Waals surface area contributed by atoms with Gasteiger partial charge in [0.25, 0.3) is 0 Å². The van der Waals surface area contributed by atoms with E-state index in [-0.39, 0.29) is 4.90 Å². The molecule has 0 unspecified atom stereocenters. The van der Waals surface area contributed by atoms with Crippen molar-refractivity contribution in [3.8, 4) is 11.8 Å². The number of alkyl halides is 1. The van der Waals surface area contributed by atoms with Crippen molar-refractivity contribution < 1.29 is 18.3 Å². The Morgan fingerprint density at radius 1 is 1.32 bits per heavy atom. The maximum absolute atomic E-state index is 11.7. The molecule has 1 rings (SSSR count). The van der Waals surface area contributed by atoms with Gasteiger partial charge < -0.3 is 5.11 Å². The molecular formula is C12H12ClNO4S. The predicted octanol–water partition coefficient (Wildman–Crippen LogP) is 1.03. The minimum absolute atomic E-state index is 0.00311. The topological polar surface area (TPSA) is 83.5 Å². The molecule has 0 aromatic heterocycles. The van der Waals surface area contributed by atoms with Gasteiger partial charge in [0.05, 0.1) is 4.90 Å². The van der Waals surface area contributed by atoms with Crippen molar-refractivity contribution in [2.75, 3.05) is 12.4 Å². The van der Waals surface area contributed by atoms with Crippen LogP contribution in [0.1, 0.15) is 12.0 Å². The Hall–Kier alpha value is -1.55. The molecule has 5 nitrogen and oxygen atoms in total. The monoisotopic (exact) mass is 301 g/mol. The van der Waals surface area contributed by atoms with Gasteiger partial charge in [-0.25, -0.2) is 8.42 Å². The average molecular weight is 302 g/mol. The molecule has 0 saturated carbocycles. The smallest absolute Gasteiger partial charge is 0.318 e. The predicted molar refractivity (Wildman–Crippen MR) is 71.5 cm³/mol. The fourth-order valence-corrected chi connectivity index (χ4v) is 2.24. The van der Waals surface area contributed by atoms with Gasteiger partial charge in [0, 0.05) is 17.9 Å². The van der Waals surface area contributed by atoms with Gasteiger partial charge in [-0.3, -0.25) is 4.79 Å². The molecule has 0 amide bonds. The number of rotatable bonds is 5. The lowest BCUT2D eigenvalue weighted by Gasteiger charge is -2.04. The van der Waals surface area contributed by atoms with Gasteiger partial charge in [0.2, 0.25) is 10.0 Å². The second kappa shape index (κ2) is 7.14. The van der Waals surface area contributed by atoms with E-state index in [0.29, 0.717) is 17.9 Å². The van der Waals surface area contributed by atoms with Gasteiger partial charge in [0.15, 0.2) is 0 Å². The quantitative estimate of drug-likeness (QED) is 0.628. The van der Waals surface area contributed by atoms with Crippen LogP contribution in [0.25, 0.3) is 0 Å². The normalized spacial score (nSPS) is 10.6. The van der Waals surface area contributed by atoms with Crippen LogP contribution in [0.2, 0.25) is 0 Å². The summed E-state index contributed by atoms with van der Waals surface area (Å²) in [4.78, 5) is 10.3. The molecule has 0 fully saturated rings. The summed E-state index contributed by atoms with van der Waals surface area (Å²) in [5, 5.41) is 8.43. The third-order valence-corrected chi connectivity index (χ3v) is 3.64. The highest BCUT2D eigenvalue weighted by molar-refractivity contribution is 7.89. The fraction of sp³-hybridized carbons (Fsp3) is 0.250. The van der Waals surface area contributed by atoms with Gasteiger partial charge in [-0.05, 0) is 24.3 Å². The Labute approximate surface area is 116 Å². The van der Waals surface area contributed by atoms with Gasteiger partial charge in [-0.2, -0.15) is 4.72 Å². The zero-order chi connectivity index (χ0) is 14.3. The van der Waals surface area contributed by atoms with Crippen LogP contribution in [0.5, 0.6) is 0 Å². The van der Waals surface area contributed by atoms with Crippen molar-refractivity contribution in [1.29, 1.82) is 0 Å². The van der Waals surface area contributed by atoms with Gasteiger partial charge in [0.1, 0.15) is 6.54 Å². The van der Waals surface area contributed by atoms with Crippen molar-refractivity contribution >= 4 is 27.6 Å². The molecule has 0 bridgehead atoms. The molecule has 2 N–H and O–H groups in total. The largest absolute Gasteiger partial charge is 0.480 e. The number of sulfonamides is 1.